The molecule has 0 unspecified atom stereocenters. The predicted octanol–water partition coefficient (Wildman–Crippen LogP) is 4.28. The van der Waals surface area contributed by atoms with Crippen molar-refractivity contribution in [3.63, 3.8) is 0 Å². The summed E-state index contributed by atoms with van der Waals surface area (Å²) >= 11 is 0. The van der Waals surface area contributed by atoms with Gasteiger partial charge in [0.1, 0.15) is 0 Å². The Hall–Kier alpha value is -3.47. The third-order valence-corrected chi connectivity index (χ3v) is 3.27. The summed E-state index contributed by atoms with van der Waals surface area (Å²) in [6.07, 6.45) is 0. The number of esters is 2. The Balaban J connectivity index is 0.00000225. The molecule has 4 nitrogen and oxygen atoms in total. The lowest BCUT2D eigenvalue weighted by Gasteiger charge is -2.10. The lowest BCUT2D eigenvalue weighted by molar-refractivity contribution is 0.0682. The SMILES string of the molecule is F.O=C(Oc1ccccc1OC(=O)c1ccccc1)c1ccccc1. The second-order valence-electron chi connectivity index (χ2n) is 4.96. The van der Waals surface area contributed by atoms with Crippen LogP contribution in [0.4, 0.5) is 4.70 Å². The van der Waals surface area contributed by atoms with Crippen molar-refractivity contribution < 1.29 is 23.8 Å². The van der Waals surface area contributed by atoms with Crippen LogP contribution >= 0.6 is 0 Å². The number of carbonyl (C=O) groups is 2. The molecule has 0 amide bonds. The van der Waals surface area contributed by atoms with Crippen molar-refractivity contribution in [1.82, 2.24) is 0 Å². The maximum atomic E-state index is 12.2. The summed E-state index contributed by atoms with van der Waals surface area (Å²) in [6.45, 7) is 0. The standard InChI is InChI=1S/C20H14O4.FH/c21-19(15-9-3-1-4-10-15)23-17-13-7-8-14-18(17)24-20(22)16-11-5-2-6-12-16;/h1-14H;1H. The highest BCUT2D eigenvalue weighted by atomic mass is 19.0. The number of carbonyl (C=O) groups excluding carboxylic acids is 2. The molecule has 0 aliphatic rings. The number of rotatable bonds is 4. The molecule has 3 aromatic carbocycles. The Morgan fingerprint density at radius 3 is 1.20 bits per heavy atom. The van der Waals surface area contributed by atoms with Gasteiger partial charge in [0.15, 0.2) is 11.5 Å². The van der Waals surface area contributed by atoms with E-state index in [4.69, 9.17) is 9.47 Å². The molecule has 0 saturated heterocycles. The van der Waals surface area contributed by atoms with E-state index in [2.05, 4.69) is 0 Å². The van der Waals surface area contributed by atoms with Crippen molar-refractivity contribution >= 4 is 11.9 Å². The van der Waals surface area contributed by atoms with E-state index >= 15 is 0 Å². The fraction of sp³-hybridized carbons (Fsp3) is 0. The van der Waals surface area contributed by atoms with Crippen LogP contribution in [0.3, 0.4) is 0 Å². The maximum Gasteiger partial charge on any atom is 0.343 e. The average molecular weight is 338 g/mol. The van der Waals surface area contributed by atoms with Gasteiger partial charge in [-0.1, -0.05) is 48.5 Å². The van der Waals surface area contributed by atoms with Crippen LogP contribution in [0.2, 0.25) is 0 Å². The van der Waals surface area contributed by atoms with Crippen LogP contribution in [0.5, 0.6) is 11.5 Å². The third-order valence-electron chi connectivity index (χ3n) is 3.27. The molecule has 0 fully saturated rings. The molecule has 0 aliphatic heterocycles. The second-order valence-corrected chi connectivity index (χ2v) is 4.96. The smallest absolute Gasteiger partial charge is 0.343 e. The number of hydrogen-bond acceptors (Lipinski definition) is 4. The van der Waals surface area contributed by atoms with Crippen LogP contribution in [0.1, 0.15) is 20.7 Å². The van der Waals surface area contributed by atoms with Gasteiger partial charge < -0.3 is 9.47 Å². The van der Waals surface area contributed by atoms with Gasteiger partial charge in [-0.15, -0.1) is 0 Å². The van der Waals surface area contributed by atoms with Crippen molar-refractivity contribution in [2.24, 2.45) is 0 Å². The summed E-state index contributed by atoms with van der Waals surface area (Å²) in [5.41, 5.74) is 0.836. The highest BCUT2D eigenvalue weighted by molar-refractivity contribution is 5.93. The zero-order chi connectivity index (χ0) is 16.8. The first-order valence-electron chi connectivity index (χ1n) is 7.37. The highest BCUT2D eigenvalue weighted by Gasteiger charge is 2.15. The third kappa shape index (κ3) is 4.51. The van der Waals surface area contributed by atoms with Gasteiger partial charge in [-0.2, -0.15) is 0 Å². The summed E-state index contributed by atoms with van der Waals surface area (Å²) < 4.78 is 10.7. The number of benzene rings is 3. The van der Waals surface area contributed by atoms with E-state index in [1.807, 2.05) is 12.1 Å². The quantitative estimate of drug-likeness (QED) is 0.526. The first kappa shape index (κ1) is 17.9. The van der Waals surface area contributed by atoms with Crippen LogP contribution in [0.25, 0.3) is 0 Å². The zero-order valence-electron chi connectivity index (χ0n) is 13.1. The van der Waals surface area contributed by atoms with Crippen molar-refractivity contribution in [2.45, 2.75) is 0 Å². The molecular formula is C20H15FO4. The van der Waals surface area contributed by atoms with E-state index in [9.17, 15) is 9.59 Å². The zero-order valence-corrected chi connectivity index (χ0v) is 13.1. The van der Waals surface area contributed by atoms with Gasteiger partial charge in [-0.25, -0.2) is 9.59 Å². The minimum atomic E-state index is -0.515. The Kier molecular flexibility index (Phi) is 6.01. The van der Waals surface area contributed by atoms with Gasteiger partial charge in [0.2, 0.25) is 0 Å². The predicted molar refractivity (Wildman–Crippen MR) is 91.7 cm³/mol. The summed E-state index contributed by atoms with van der Waals surface area (Å²) in [5, 5.41) is 0. The fourth-order valence-corrected chi connectivity index (χ4v) is 2.08. The lowest BCUT2D eigenvalue weighted by atomic mass is 10.2. The molecule has 0 heterocycles. The van der Waals surface area contributed by atoms with E-state index in [-0.39, 0.29) is 16.2 Å². The van der Waals surface area contributed by atoms with E-state index in [1.165, 1.54) is 0 Å². The molecule has 0 N–H and O–H groups in total. The Bertz CT molecular complexity index is 775. The van der Waals surface area contributed by atoms with E-state index in [0.29, 0.717) is 11.1 Å². The largest absolute Gasteiger partial charge is 0.419 e. The molecule has 3 rings (SSSR count). The molecule has 5 heteroatoms. The van der Waals surface area contributed by atoms with Crippen LogP contribution < -0.4 is 9.47 Å². The molecule has 0 spiro atoms. The van der Waals surface area contributed by atoms with Gasteiger partial charge in [-0.3, -0.25) is 4.70 Å². The minimum absolute atomic E-state index is 0. The van der Waals surface area contributed by atoms with Crippen molar-refractivity contribution in [3.8, 4) is 11.5 Å². The van der Waals surface area contributed by atoms with E-state index < -0.39 is 11.9 Å². The topological polar surface area (TPSA) is 52.6 Å². The normalized spacial score (nSPS) is 9.60. The van der Waals surface area contributed by atoms with Crippen molar-refractivity contribution in [3.05, 3.63) is 96.1 Å². The lowest BCUT2D eigenvalue weighted by Crippen LogP contribution is -2.12. The van der Waals surface area contributed by atoms with Crippen LogP contribution in [0, 0.1) is 0 Å². The number of hydrogen-bond donors (Lipinski definition) is 0. The van der Waals surface area contributed by atoms with Gasteiger partial charge in [-0.05, 0) is 36.4 Å². The Morgan fingerprint density at radius 2 is 0.840 bits per heavy atom. The summed E-state index contributed by atoms with van der Waals surface area (Å²) in [5.74, 6) is -0.649. The number of halogens is 1. The van der Waals surface area contributed by atoms with Crippen LogP contribution in [-0.2, 0) is 0 Å². The second kappa shape index (κ2) is 8.40. The fourth-order valence-electron chi connectivity index (χ4n) is 2.08. The van der Waals surface area contributed by atoms with Gasteiger partial charge in [0.05, 0.1) is 11.1 Å². The monoisotopic (exact) mass is 338 g/mol. The number of para-hydroxylation sites is 2. The van der Waals surface area contributed by atoms with Crippen molar-refractivity contribution in [1.29, 1.82) is 0 Å². The molecule has 0 saturated carbocycles. The average Bonchev–Trinajstić information content (AvgIpc) is 2.64. The molecule has 0 aliphatic carbocycles. The maximum absolute atomic E-state index is 12.2. The highest BCUT2D eigenvalue weighted by Crippen LogP contribution is 2.28. The van der Waals surface area contributed by atoms with Gasteiger partial charge in [0.25, 0.3) is 0 Å². The van der Waals surface area contributed by atoms with Gasteiger partial charge in [0, 0.05) is 0 Å². The molecule has 0 bridgehead atoms. The van der Waals surface area contributed by atoms with E-state index in [0.717, 1.165) is 0 Å². The molecule has 0 radical (unpaired) electrons. The molecular weight excluding hydrogens is 323 g/mol. The van der Waals surface area contributed by atoms with Crippen LogP contribution in [0.15, 0.2) is 84.9 Å². The molecule has 0 atom stereocenters. The molecule has 25 heavy (non-hydrogen) atoms. The number of ether oxygens (including phenoxy) is 2. The Morgan fingerprint density at radius 1 is 0.520 bits per heavy atom. The first-order chi connectivity index (χ1) is 11.7. The van der Waals surface area contributed by atoms with Crippen LogP contribution in [-0.4, -0.2) is 11.9 Å². The molecule has 3 aromatic rings. The minimum Gasteiger partial charge on any atom is -0.419 e. The van der Waals surface area contributed by atoms with Gasteiger partial charge >= 0.3 is 11.9 Å². The summed E-state index contributed by atoms with van der Waals surface area (Å²) in [6, 6.07) is 23.8. The van der Waals surface area contributed by atoms with E-state index in [1.54, 1.807) is 72.8 Å². The van der Waals surface area contributed by atoms with Crippen molar-refractivity contribution in [2.75, 3.05) is 0 Å². The molecule has 126 valence electrons. The summed E-state index contributed by atoms with van der Waals surface area (Å²) in [7, 11) is 0. The molecule has 0 aromatic heterocycles. The Labute approximate surface area is 144 Å². The summed E-state index contributed by atoms with van der Waals surface area (Å²) in [4.78, 5) is 24.3. The first-order valence-corrected chi connectivity index (χ1v) is 7.37.